The first kappa shape index (κ1) is 20.0. The molecule has 20 heavy (non-hydrogen) atoms. The lowest BCUT2D eigenvalue weighted by atomic mass is 9.87. The van der Waals surface area contributed by atoms with Gasteiger partial charge in [-0.1, -0.05) is 40.0 Å². The van der Waals surface area contributed by atoms with Crippen LogP contribution in [0.5, 0.6) is 0 Å². The molecule has 0 aliphatic carbocycles. The van der Waals surface area contributed by atoms with E-state index in [2.05, 4.69) is 31.1 Å². The summed E-state index contributed by atoms with van der Waals surface area (Å²) in [5.74, 6) is 0.555. The minimum Gasteiger partial charge on any atom is -0.376 e. The highest BCUT2D eigenvalue weighted by Gasteiger charge is 2.17. The fraction of sp³-hybridized carbons (Fsp3) is 0.933. The van der Waals surface area contributed by atoms with Gasteiger partial charge in [0.2, 0.25) is 0 Å². The highest BCUT2D eigenvalue weighted by atomic mass is 127. The summed E-state index contributed by atoms with van der Waals surface area (Å²) >= 11 is 0. The van der Waals surface area contributed by atoms with Crippen LogP contribution in [0.2, 0.25) is 0 Å². The molecule has 1 unspecified atom stereocenters. The van der Waals surface area contributed by atoms with Crippen LogP contribution in [0.3, 0.4) is 0 Å². The van der Waals surface area contributed by atoms with Gasteiger partial charge in [-0.15, -0.1) is 24.0 Å². The van der Waals surface area contributed by atoms with Gasteiger partial charge in [0.25, 0.3) is 0 Å². The molecule has 1 rings (SSSR count). The molecule has 0 aromatic carbocycles. The van der Waals surface area contributed by atoms with Crippen molar-refractivity contribution < 1.29 is 4.74 Å². The molecule has 0 radical (unpaired) electrons. The zero-order valence-electron chi connectivity index (χ0n) is 13.3. The second-order valence-electron chi connectivity index (χ2n) is 6.34. The summed E-state index contributed by atoms with van der Waals surface area (Å²) in [6.45, 7) is 9.22. The molecule has 0 saturated carbocycles. The van der Waals surface area contributed by atoms with Crippen LogP contribution in [0.25, 0.3) is 0 Å². The van der Waals surface area contributed by atoms with Crippen molar-refractivity contribution in [2.24, 2.45) is 16.1 Å². The minimum absolute atomic E-state index is 0. The van der Waals surface area contributed by atoms with Gasteiger partial charge in [0.15, 0.2) is 5.96 Å². The van der Waals surface area contributed by atoms with E-state index in [0.29, 0.717) is 12.1 Å². The first-order valence-electron chi connectivity index (χ1n) is 7.69. The maximum atomic E-state index is 5.90. The Morgan fingerprint density at radius 3 is 2.75 bits per heavy atom. The van der Waals surface area contributed by atoms with E-state index in [9.17, 15) is 0 Å². The Morgan fingerprint density at radius 2 is 2.15 bits per heavy atom. The summed E-state index contributed by atoms with van der Waals surface area (Å²) in [6, 6.07) is 0. The third-order valence-corrected chi connectivity index (χ3v) is 3.67. The topological polar surface area (TPSA) is 59.6 Å². The number of nitrogens with two attached hydrogens (primary N) is 1. The number of guanidine groups is 1. The zero-order chi connectivity index (χ0) is 14.1. The normalized spacial score (nSPS) is 19.8. The summed E-state index contributed by atoms with van der Waals surface area (Å²) in [7, 11) is 0. The number of nitrogens with zero attached hydrogens (tertiary/aromatic N) is 1. The highest BCUT2D eigenvalue weighted by molar-refractivity contribution is 14.0. The quantitative estimate of drug-likeness (QED) is 0.286. The fourth-order valence-corrected chi connectivity index (χ4v) is 2.31. The van der Waals surface area contributed by atoms with E-state index in [1.807, 2.05) is 0 Å². The van der Waals surface area contributed by atoms with Crippen molar-refractivity contribution >= 4 is 29.9 Å². The third kappa shape index (κ3) is 9.00. The van der Waals surface area contributed by atoms with E-state index < -0.39 is 0 Å². The number of halogens is 1. The highest BCUT2D eigenvalue weighted by Crippen LogP contribution is 2.23. The Bertz CT molecular complexity index is 276. The molecule has 120 valence electrons. The molecule has 1 aliphatic rings. The van der Waals surface area contributed by atoms with Crippen molar-refractivity contribution in [2.45, 2.75) is 65.4 Å². The van der Waals surface area contributed by atoms with Gasteiger partial charge in [0.05, 0.1) is 6.10 Å². The minimum atomic E-state index is 0. The van der Waals surface area contributed by atoms with Crippen LogP contribution in [0.15, 0.2) is 4.99 Å². The van der Waals surface area contributed by atoms with Crippen LogP contribution >= 0.6 is 24.0 Å². The molecule has 1 saturated heterocycles. The lowest BCUT2D eigenvalue weighted by Crippen LogP contribution is -2.38. The molecule has 0 amide bonds. The number of unbranched alkanes of at least 4 members (excludes halogenated alkanes) is 2. The Kier molecular flexibility index (Phi) is 10.6. The number of hydrogen-bond acceptors (Lipinski definition) is 2. The molecule has 0 aromatic rings. The Balaban J connectivity index is 0.00000361. The number of ether oxygens (including phenoxy) is 1. The maximum absolute atomic E-state index is 5.90. The lowest BCUT2D eigenvalue weighted by molar-refractivity contribution is 0.114. The molecular weight excluding hydrogens is 365 g/mol. The van der Waals surface area contributed by atoms with Crippen molar-refractivity contribution in [3.8, 4) is 0 Å². The molecule has 0 aromatic heterocycles. The van der Waals surface area contributed by atoms with Crippen LogP contribution in [0.1, 0.15) is 59.3 Å². The lowest BCUT2D eigenvalue weighted by Gasteiger charge is -2.22. The molecule has 5 heteroatoms. The van der Waals surface area contributed by atoms with Crippen LogP contribution in [0.4, 0.5) is 0 Å². The van der Waals surface area contributed by atoms with Gasteiger partial charge in [-0.2, -0.15) is 0 Å². The van der Waals surface area contributed by atoms with Crippen LogP contribution in [-0.4, -0.2) is 31.8 Å². The van der Waals surface area contributed by atoms with Crippen molar-refractivity contribution in [3.05, 3.63) is 0 Å². The van der Waals surface area contributed by atoms with Gasteiger partial charge >= 0.3 is 0 Å². The van der Waals surface area contributed by atoms with Crippen LogP contribution in [-0.2, 0) is 4.74 Å². The van der Waals surface area contributed by atoms with Crippen LogP contribution < -0.4 is 11.1 Å². The largest absolute Gasteiger partial charge is 0.376 e. The van der Waals surface area contributed by atoms with E-state index >= 15 is 0 Å². The van der Waals surface area contributed by atoms with Crippen LogP contribution in [0, 0.1) is 5.41 Å². The molecule has 0 bridgehead atoms. The van der Waals surface area contributed by atoms with Crippen molar-refractivity contribution in [2.75, 3.05) is 19.7 Å². The van der Waals surface area contributed by atoms with Crippen molar-refractivity contribution in [3.63, 3.8) is 0 Å². The maximum Gasteiger partial charge on any atom is 0.188 e. The summed E-state index contributed by atoms with van der Waals surface area (Å²) in [4.78, 5) is 4.46. The van der Waals surface area contributed by atoms with Gasteiger partial charge in [0.1, 0.15) is 0 Å². The van der Waals surface area contributed by atoms with Gasteiger partial charge in [-0.05, 0) is 24.7 Å². The molecule has 1 heterocycles. The molecule has 4 nitrogen and oxygen atoms in total. The summed E-state index contributed by atoms with van der Waals surface area (Å²) in [6.07, 6.45) is 7.67. The first-order valence-corrected chi connectivity index (χ1v) is 7.69. The van der Waals surface area contributed by atoms with Crippen molar-refractivity contribution in [1.82, 2.24) is 5.32 Å². The van der Waals surface area contributed by atoms with Gasteiger partial charge < -0.3 is 15.8 Å². The molecule has 1 aliphatic heterocycles. The Hall–Kier alpha value is -0.0400. The zero-order valence-corrected chi connectivity index (χ0v) is 15.6. The van der Waals surface area contributed by atoms with Crippen molar-refractivity contribution in [1.29, 1.82) is 0 Å². The summed E-state index contributed by atoms with van der Waals surface area (Å²) in [5.41, 5.74) is 6.14. The second kappa shape index (κ2) is 10.7. The Labute approximate surface area is 141 Å². The summed E-state index contributed by atoms with van der Waals surface area (Å²) < 4.78 is 5.54. The monoisotopic (exact) mass is 397 g/mol. The SMILES string of the molecule is CCCCCC(C)(C)CN=C(N)NCC1CCCO1.I. The summed E-state index contributed by atoms with van der Waals surface area (Å²) in [5, 5.41) is 3.17. The second-order valence-corrected chi connectivity index (χ2v) is 6.34. The average molecular weight is 397 g/mol. The van der Waals surface area contributed by atoms with Gasteiger partial charge in [-0.25, -0.2) is 0 Å². The van der Waals surface area contributed by atoms with Gasteiger partial charge in [-0.3, -0.25) is 4.99 Å². The predicted octanol–water partition coefficient (Wildman–Crippen LogP) is 3.29. The average Bonchev–Trinajstić information content (AvgIpc) is 2.87. The molecule has 3 N–H and O–H groups in total. The predicted molar refractivity (Wildman–Crippen MR) is 96.8 cm³/mol. The number of aliphatic imine (C=N–C) groups is 1. The third-order valence-electron chi connectivity index (χ3n) is 3.67. The molecule has 1 atom stereocenters. The van der Waals surface area contributed by atoms with Gasteiger partial charge in [0, 0.05) is 19.7 Å². The standard InChI is InChI=1S/C15H31N3O.HI/c1-4-5-6-9-15(2,3)12-18-14(16)17-11-13-8-7-10-19-13;/h13H,4-12H2,1-3H3,(H3,16,17,18);1H. The number of nitrogens with one attached hydrogen (secondary N) is 1. The van der Waals surface area contributed by atoms with E-state index in [-0.39, 0.29) is 29.4 Å². The van der Waals surface area contributed by atoms with E-state index in [4.69, 9.17) is 10.5 Å². The van der Waals surface area contributed by atoms with E-state index in [0.717, 1.165) is 32.5 Å². The fourth-order valence-electron chi connectivity index (χ4n) is 2.31. The smallest absolute Gasteiger partial charge is 0.188 e. The molecule has 0 spiro atoms. The Morgan fingerprint density at radius 1 is 1.40 bits per heavy atom. The van der Waals surface area contributed by atoms with E-state index in [1.54, 1.807) is 0 Å². The number of hydrogen-bond donors (Lipinski definition) is 2. The van der Waals surface area contributed by atoms with E-state index in [1.165, 1.54) is 25.7 Å². The molecule has 1 fully saturated rings. The first-order chi connectivity index (χ1) is 9.03. The molecular formula is C15H32IN3O. The number of rotatable bonds is 8.